The molecule has 21 heavy (non-hydrogen) atoms. The number of benzene rings is 1. The molecule has 0 heterocycles. The molecule has 0 aromatic heterocycles. The van der Waals surface area contributed by atoms with Crippen molar-refractivity contribution < 1.29 is 4.39 Å². The number of rotatable bonds is 9. The van der Waals surface area contributed by atoms with E-state index in [1.807, 2.05) is 0 Å². The molecule has 0 radical (unpaired) electrons. The largest absolute Gasteiger partial charge is 0.314 e. The van der Waals surface area contributed by atoms with Gasteiger partial charge < -0.3 is 5.32 Å². The Bertz CT molecular complexity index is 413. The van der Waals surface area contributed by atoms with Crippen molar-refractivity contribution in [2.45, 2.75) is 65.8 Å². The Morgan fingerprint density at radius 3 is 2.48 bits per heavy atom. The summed E-state index contributed by atoms with van der Waals surface area (Å²) < 4.78 is 14.5. The molecule has 1 N–H and O–H groups in total. The van der Waals surface area contributed by atoms with E-state index in [1.54, 1.807) is 6.07 Å². The first kappa shape index (κ1) is 18.6. The summed E-state index contributed by atoms with van der Waals surface area (Å²) in [5, 5.41) is 3.59. The van der Waals surface area contributed by atoms with Crippen LogP contribution >= 0.6 is 15.9 Å². The van der Waals surface area contributed by atoms with Gasteiger partial charge in [-0.25, -0.2) is 4.39 Å². The molecule has 0 saturated heterocycles. The van der Waals surface area contributed by atoms with E-state index in [2.05, 4.69) is 55.0 Å². The van der Waals surface area contributed by atoms with Crippen LogP contribution < -0.4 is 5.32 Å². The van der Waals surface area contributed by atoms with Crippen LogP contribution in [-0.4, -0.2) is 12.6 Å². The van der Waals surface area contributed by atoms with E-state index in [0.29, 0.717) is 6.04 Å². The zero-order valence-corrected chi connectivity index (χ0v) is 15.4. The van der Waals surface area contributed by atoms with Crippen molar-refractivity contribution in [1.29, 1.82) is 0 Å². The Kier molecular flexibility index (Phi) is 7.89. The first-order valence-electron chi connectivity index (χ1n) is 8.09. The zero-order chi connectivity index (χ0) is 15.9. The highest BCUT2D eigenvalue weighted by molar-refractivity contribution is 9.10. The van der Waals surface area contributed by atoms with Crippen LogP contribution in [0.5, 0.6) is 0 Å². The van der Waals surface area contributed by atoms with Gasteiger partial charge >= 0.3 is 0 Å². The summed E-state index contributed by atoms with van der Waals surface area (Å²) in [7, 11) is 0. The van der Waals surface area contributed by atoms with Gasteiger partial charge in [-0.3, -0.25) is 0 Å². The Hall–Kier alpha value is -0.410. The van der Waals surface area contributed by atoms with E-state index in [4.69, 9.17) is 0 Å². The van der Waals surface area contributed by atoms with Crippen LogP contribution in [-0.2, 0) is 6.42 Å². The molecule has 1 unspecified atom stereocenters. The molecular weight excluding hydrogens is 329 g/mol. The number of unbranched alkanes of at least 4 members (excludes halogenated alkanes) is 1. The van der Waals surface area contributed by atoms with E-state index < -0.39 is 0 Å². The highest BCUT2D eigenvalue weighted by Crippen LogP contribution is 2.33. The fourth-order valence-electron chi connectivity index (χ4n) is 2.78. The summed E-state index contributed by atoms with van der Waals surface area (Å²) in [5.74, 6) is -0.156. The molecule has 1 atom stereocenters. The molecule has 1 nitrogen and oxygen atoms in total. The lowest BCUT2D eigenvalue weighted by atomic mass is 9.75. The predicted molar refractivity (Wildman–Crippen MR) is 93.2 cm³/mol. The van der Waals surface area contributed by atoms with Crippen LogP contribution in [0.4, 0.5) is 4.39 Å². The van der Waals surface area contributed by atoms with Gasteiger partial charge in [0, 0.05) is 17.1 Å². The van der Waals surface area contributed by atoms with Crippen LogP contribution in [0.1, 0.15) is 58.9 Å². The number of nitrogens with one attached hydrogen (secondary N) is 1. The molecule has 0 fully saturated rings. The van der Waals surface area contributed by atoms with Crippen LogP contribution in [0.2, 0.25) is 0 Å². The van der Waals surface area contributed by atoms with Crippen molar-refractivity contribution in [2.75, 3.05) is 6.54 Å². The Balaban J connectivity index is 2.92. The highest BCUT2D eigenvalue weighted by atomic mass is 79.9. The molecule has 0 bridgehead atoms. The van der Waals surface area contributed by atoms with Crippen molar-refractivity contribution in [3.8, 4) is 0 Å². The molecular formula is C18H29BrFN. The first-order valence-corrected chi connectivity index (χ1v) is 8.88. The van der Waals surface area contributed by atoms with Gasteiger partial charge in [0.25, 0.3) is 0 Å². The Labute approximate surface area is 137 Å². The lowest BCUT2D eigenvalue weighted by Crippen LogP contribution is -2.39. The standard InChI is InChI=1S/C18H29BrFN/c1-5-7-8-18(6-2,13-21-14(3)4)12-15-9-16(19)11-17(20)10-15/h9-11,14,21H,5-8,12-13H2,1-4H3. The SMILES string of the molecule is CCCCC(CC)(CNC(C)C)Cc1cc(F)cc(Br)c1. The van der Waals surface area contributed by atoms with Gasteiger partial charge in [0.05, 0.1) is 0 Å². The fraction of sp³-hybridized carbons (Fsp3) is 0.667. The molecule has 0 aliphatic carbocycles. The van der Waals surface area contributed by atoms with Crippen molar-refractivity contribution >= 4 is 15.9 Å². The molecule has 0 aliphatic heterocycles. The summed E-state index contributed by atoms with van der Waals surface area (Å²) in [5.41, 5.74) is 1.30. The molecule has 1 aromatic carbocycles. The predicted octanol–water partition coefficient (Wildman–Crippen LogP) is 5.72. The maximum absolute atomic E-state index is 13.6. The zero-order valence-electron chi connectivity index (χ0n) is 13.8. The minimum atomic E-state index is -0.156. The number of hydrogen-bond acceptors (Lipinski definition) is 1. The fourth-order valence-corrected chi connectivity index (χ4v) is 3.30. The van der Waals surface area contributed by atoms with Crippen molar-refractivity contribution in [2.24, 2.45) is 5.41 Å². The molecule has 0 spiro atoms. The second-order valence-electron chi connectivity index (χ2n) is 6.45. The van der Waals surface area contributed by atoms with Crippen LogP contribution in [0.3, 0.4) is 0 Å². The number of hydrogen-bond donors (Lipinski definition) is 1. The van der Waals surface area contributed by atoms with Gasteiger partial charge in [0.1, 0.15) is 5.82 Å². The van der Waals surface area contributed by atoms with E-state index in [9.17, 15) is 4.39 Å². The minimum Gasteiger partial charge on any atom is -0.314 e. The second kappa shape index (κ2) is 8.89. The molecule has 3 heteroatoms. The third kappa shape index (κ3) is 6.48. The van der Waals surface area contributed by atoms with Gasteiger partial charge in [-0.1, -0.05) is 56.5 Å². The summed E-state index contributed by atoms with van der Waals surface area (Å²) in [6.07, 6.45) is 5.66. The molecule has 0 aliphatic rings. The van der Waals surface area contributed by atoms with Crippen LogP contribution in [0.15, 0.2) is 22.7 Å². The number of halogens is 2. The highest BCUT2D eigenvalue weighted by Gasteiger charge is 2.28. The Morgan fingerprint density at radius 1 is 1.24 bits per heavy atom. The van der Waals surface area contributed by atoms with Gasteiger partial charge in [0.15, 0.2) is 0 Å². The average molecular weight is 358 g/mol. The molecule has 1 rings (SSSR count). The van der Waals surface area contributed by atoms with Crippen molar-refractivity contribution in [1.82, 2.24) is 5.32 Å². The summed E-state index contributed by atoms with van der Waals surface area (Å²) in [4.78, 5) is 0. The smallest absolute Gasteiger partial charge is 0.124 e. The lowest BCUT2D eigenvalue weighted by molar-refractivity contribution is 0.222. The molecule has 120 valence electrons. The second-order valence-corrected chi connectivity index (χ2v) is 7.36. The maximum Gasteiger partial charge on any atom is 0.124 e. The lowest BCUT2D eigenvalue weighted by Gasteiger charge is -2.34. The van der Waals surface area contributed by atoms with Crippen molar-refractivity contribution in [3.63, 3.8) is 0 Å². The van der Waals surface area contributed by atoms with Gasteiger partial charge in [0.2, 0.25) is 0 Å². The van der Waals surface area contributed by atoms with Crippen LogP contribution in [0.25, 0.3) is 0 Å². The quantitative estimate of drug-likeness (QED) is 0.596. The topological polar surface area (TPSA) is 12.0 Å². The summed E-state index contributed by atoms with van der Waals surface area (Å²) in [6, 6.07) is 5.73. The minimum absolute atomic E-state index is 0.156. The summed E-state index contributed by atoms with van der Waals surface area (Å²) >= 11 is 3.40. The van der Waals surface area contributed by atoms with E-state index in [0.717, 1.165) is 29.4 Å². The van der Waals surface area contributed by atoms with E-state index in [-0.39, 0.29) is 11.2 Å². The van der Waals surface area contributed by atoms with Gasteiger partial charge in [-0.15, -0.1) is 0 Å². The molecule has 0 amide bonds. The maximum atomic E-state index is 13.6. The summed E-state index contributed by atoms with van der Waals surface area (Å²) in [6.45, 7) is 9.84. The third-order valence-corrected chi connectivity index (χ3v) is 4.66. The third-order valence-electron chi connectivity index (χ3n) is 4.20. The normalized spacial score (nSPS) is 14.4. The first-order chi connectivity index (χ1) is 9.90. The van der Waals surface area contributed by atoms with Crippen LogP contribution in [0, 0.1) is 11.2 Å². The molecule has 0 saturated carbocycles. The van der Waals surface area contributed by atoms with E-state index >= 15 is 0 Å². The van der Waals surface area contributed by atoms with Gasteiger partial charge in [-0.2, -0.15) is 0 Å². The molecule has 1 aromatic rings. The monoisotopic (exact) mass is 357 g/mol. The Morgan fingerprint density at radius 2 is 1.95 bits per heavy atom. The average Bonchev–Trinajstić information content (AvgIpc) is 2.41. The van der Waals surface area contributed by atoms with E-state index in [1.165, 1.54) is 25.3 Å². The van der Waals surface area contributed by atoms with Gasteiger partial charge in [-0.05, 0) is 48.4 Å². The van der Waals surface area contributed by atoms with Crippen molar-refractivity contribution in [3.05, 3.63) is 34.1 Å².